The first-order valence-corrected chi connectivity index (χ1v) is 6.35. The van der Waals surface area contributed by atoms with Crippen LogP contribution in [0.4, 0.5) is 0 Å². The van der Waals surface area contributed by atoms with Crippen molar-refractivity contribution < 1.29 is 0 Å². The number of nitrogens with one attached hydrogen (secondary N) is 1. The molecule has 0 unspecified atom stereocenters. The largest absolute Gasteiger partial charge is 0.339 e. The zero-order valence-electron chi connectivity index (χ0n) is 10.3. The molecule has 0 aliphatic carbocycles. The summed E-state index contributed by atoms with van der Waals surface area (Å²) in [5, 5.41) is 2.40. The highest BCUT2D eigenvalue weighted by Crippen LogP contribution is 2.26. The molecule has 0 amide bonds. The highest BCUT2D eigenvalue weighted by atomic mass is 14.9. The molecule has 2 heterocycles. The van der Waals surface area contributed by atoms with E-state index in [0.717, 1.165) is 22.4 Å². The lowest BCUT2D eigenvalue weighted by atomic mass is 10.1. The van der Waals surface area contributed by atoms with Crippen LogP contribution in [0.2, 0.25) is 0 Å². The van der Waals surface area contributed by atoms with Crippen LogP contribution in [0, 0.1) is 0 Å². The first-order chi connectivity index (χ1) is 9.42. The minimum Gasteiger partial charge on any atom is -0.339 e. The number of nitrogens with zero attached hydrogens (tertiary/aromatic N) is 1. The van der Waals surface area contributed by atoms with Crippen molar-refractivity contribution in [3.8, 4) is 11.3 Å². The van der Waals surface area contributed by atoms with E-state index in [0.29, 0.717) is 0 Å². The minimum absolute atomic E-state index is 0.947. The fourth-order valence-corrected chi connectivity index (χ4v) is 2.50. The number of aromatic nitrogens is 2. The summed E-state index contributed by atoms with van der Waals surface area (Å²) in [4.78, 5) is 8.10. The van der Waals surface area contributed by atoms with E-state index >= 15 is 0 Å². The standard InChI is InChI=1S/C17H12N2/c1-2-6-12(7-3-1)15-11-10-14-13-8-4-5-9-16(13)19-17(14)18-15/h1-11H,(H,18,19). The highest BCUT2D eigenvalue weighted by Gasteiger charge is 2.06. The van der Waals surface area contributed by atoms with E-state index in [-0.39, 0.29) is 0 Å². The molecule has 2 aromatic carbocycles. The van der Waals surface area contributed by atoms with Gasteiger partial charge in [0.15, 0.2) is 0 Å². The van der Waals surface area contributed by atoms with Gasteiger partial charge in [-0.15, -0.1) is 0 Å². The van der Waals surface area contributed by atoms with Gasteiger partial charge in [0.2, 0.25) is 0 Å². The summed E-state index contributed by atoms with van der Waals surface area (Å²) in [5.41, 5.74) is 4.22. The summed E-state index contributed by atoms with van der Waals surface area (Å²) in [6.45, 7) is 0. The van der Waals surface area contributed by atoms with Crippen molar-refractivity contribution in [2.24, 2.45) is 0 Å². The van der Waals surface area contributed by atoms with Gasteiger partial charge in [0.25, 0.3) is 0 Å². The molecular weight excluding hydrogens is 232 g/mol. The summed E-state index contributed by atoms with van der Waals surface area (Å²) >= 11 is 0. The molecule has 0 aliphatic heterocycles. The molecule has 1 N–H and O–H groups in total. The summed E-state index contributed by atoms with van der Waals surface area (Å²) in [5.74, 6) is 0. The molecule has 0 saturated carbocycles. The molecule has 0 aliphatic rings. The van der Waals surface area contributed by atoms with Crippen molar-refractivity contribution in [2.45, 2.75) is 0 Å². The van der Waals surface area contributed by atoms with Crippen molar-refractivity contribution >= 4 is 21.9 Å². The van der Waals surface area contributed by atoms with Crippen molar-refractivity contribution in [3.63, 3.8) is 0 Å². The maximum Gasteiger partial charge on any atom is 0.139 e. The van der Waals surface area contributed by atoms with E-state index in [1.807, 2.05) is 24.3 Å². The molecule has 0 atom stereocenters. The second-order valence-corrected chi connectivity index (χ2v) is 4.63. The Balaban J connectivity index is 1.99. The van der Waals surface area contributed by atoms with Gasteiger partial charge in [0, 0.05) is 21.9 Å². The van der Waals surface area contributed by atoms with Gasteiger partial charge in [0.05, 0.1) is 5.69 Å². The smallest absolute Gasteiger partial charge is 0.139 e. The van der Waals surface area contributed by atoms with E-state index in [1.54, 1.807) is 0 Å². The minimum atomic E-state index is 0.947. The Morgan fingerprint density at radius 1 is 0.684 bits per heavy atom. The molecule has 0 spiro atoms. The number of fused-ring (bicyclic) bond motifs is 3. The van der Waals surface area contributed by atoms with Crippen LogP contribution in [-0.4, -0.2) is 9.97 Å². The first-order valence-electron chi connectivity index (χ1n) is 6.35. The highest BCUT2D eigenvalue weighted by molar-refractivity contribution is 6.06. The molecule has 90 valence electrons. The van der Waals surface area contributed by atoms with Gasteiger partial charge in [-0.1, -0.05) is 48.5 Å². The molecule has 0 bridgehead atoms. The third-order valence-electron chi connectivity index (χ3n) is 3.44. The Bertz CT molecular complexity index is 860. The van der Waals surface area contributed by atoms with Gasteiger partial charge in [0.1, 0.15) is 5.65 Å². The lowest BCUT2D eigenvalue weighted by molar-refractivity contribution is 1.34. The number of benzene rings is 2. The van der Waals surface area contributed by atoms with Crippen LogP contribution in [0.5, 0.6) is 0 Å². The molecule has 4 rings (SSSR count). The lowest BCUT2D eigenvalue weighted by Gasteiger charge is -2.00. The molecule has 2 nitrogen and oxygen atoms in total. The predicted molar refractivity (Wildman–Crippen MR) is 79.0 cm³/mol. The SMILES string of the molecule is c1ccc(-c2ccc3c(n2)[nH]c2ccccc23)cc1. The van der Waals surface area contributed by atoms with Crippen LogP contribution in [0.15, 0.2) is 66.7 Å². The van der Waals surface area contributed by atoms with Crippen LogP contribution in [0.25, 0.3) is 33.2 Å². The Morgan fingerprint density at radius 2 is 1.47 bits per heavy atom. The zero-order chi connectivity index (χ0) is 12.7. The third kappa shape index (κ3) is 1.61. The normalized spacial score (nSPS) is 11.2. The Hall–Kier alpha value is -2.61. The summed E-state index contributed by atoms with van der Waals surface area (Å²) in [6.07, 6.45) is 0. The van der Waals surface area contributed by atoms with E-state index in [1.165, 1.54) is 10.8 Å². The number of rotatable bonds is 1. The molecule has 2 heteroatoms. The van der Waals surface area contributed by atoms with Crippen molar-refractivity contribution in [1.82, 2.24) is 9.97 Å². The number of hydrogen-bond donors (Lipinski definition) is 1. The number of H-pyrrole nitrogens is 1. The molecule has 0 saturated heterocycles. The van der Waals surface area contributed by atoms with Gasteiger partial charge in [-0.2, -0.15) is 0 Å². The molecule has 0 fully saturated rings. The molecule has 19 heavy (non-hydrogen) atoms. The third-order valence-corrected chi connectivity index (χ3v) is 3.44. The second-order valence-electron chi connectivity index (χ2n) is 4.63. The summed E-state index contributed by atoms with van der Waals surface area (Å²) < 4.78 is 0. The predicted octanol–water partition coefficient (Wildman–Crippen LogP) is 4.38. The molecule has 0 radical (unpaired) electrons. The van der Waals surface area contributed by atoms with Gasteiger partial charge in [-0.25, -0.2) is 4.98 Å². The summed E-state index contributed by atoms with van der Waals surface area (Å²) in [6, 6.07) is 22.8. The maximum atomic E-state index is 4.73. The van der Waals surface area contributed by atoms with Crippen LogP contribution >= 0.6 is 0 Å². The first kappa shape index (κ1) is 10.3. The number of aromatic amines is 1. The molecule has 4 aromatic rings. The fourth-order valence-electron chi connectivity index (χ4n) is 2.50. The van der Waals surface area contributed by atoms with Crippen molar-refractivity contribution in [1.29, 1.82) is 0 Å². The number of pyridine rings is 1. The monoisotopic (exact) mass is 244 g/mol. The van der Waals surface area contributed by atoms with E-state index < -0.39 is 0 Å². The van der Waals surface area contributed by atoms with Crippen LogP contribution in [0.3, 0.4) is 0 Å². The van der Waals surface area contributed by atoms with Crippen molar-refractivity contribution in [3.05, 3.63) is 66.7 Å². The lowest BCUT2D eigenvalue weighted by Crippen LogP contribution is -1.83. The average molecular weight is 244 g/mol. The van der Waals surface area contributed by atoms with E-state index in [2.05, 4.69) is 47.4 Å². The summed E-state index contributed by atoms with van der Waals surface area (Å²) in [7, 11) is 0. The van der Waals surface area contributed by atoms with E-state index in [4.69, 9.17) is 4.98 Å². The van der Waals surface area contributed by atoms with E-state index in [9.17, 15) is 0 Å². The van der Waals surface area contributed by atoms with Gasteiger partial charge in [-0.3, -0.25) is 0 Å². The maximum absolute atomic E-state index is 4.73. The van der Waals surface area contributed by atoms with Crippen LogP contribution in [0.1, 0.15) is 0 Å². The fraction of sp³-hybridized carbons (Fsp3) is 0. The Labute approximate surface area is 110 Å². The van der Waals surface area contributed by atoms with Crippen LogP contribution in [-0.2, 0) is 0 Å². The average Bonchev–Trinajstić information content (AvgIpc) is 2.86. The molecule has 2 aromatic heterocycles. The topological polar surface area (TPSA) is 28.7 Å². The van der Waals surface area contributed by atoms with Crippen molar-refractivity contribution in [2.75, 3.05) is 0 Å². The van der Waals surface area contributed by atoms with Gasteiger partial charge in [-0.05, 0) is 18.2 Å². The number of para-hydroxylation sites is 1. The van der Waals surface area contributed by atoms with Gasteiger partial charge >= 0.3 is 0 Å². The van der Waals surface area contributed by atoms with Gasteiger partial charge < -0.3 is 4.98 Å². The Morgan fingerprint density at radius 3 is 2.37 bits per heavy atom. The Kier molecular flexibility index (Phi) is 2.15. The second kappa shape index (κ2) is 3.95. The molecular formula is C17H12N2. The zero-order valence-corrected chi connectivity index (χ0v) is 10.3. The quantitative estimate of drug-likeness (QED) is 0.528. The van der Waals surface area contributed by atoms with Crippen LogP contribution < -0.4 is 0 Å². The number of hydrogen-bond acceptors (Lipinski definition) is 1.